The molecule has 2 aliphatic rings. The molecule has 0 radical (unpaired) electrons. The van der Waals surface area contributed by atoms with Gasteiger partial charge in [0.15, 0.2) is 5.78 Å². The predicted molar refractivity (Wildman–Crippen MR) is 86.5 cm³/mol. The number of benzene rings is 1. The second kappa shape index (κ2) is 6.70. The van der Waals surface area contributed by atoms with Gasteiger partial charge in [-0.2, -0.15) is 18.2 Å². The summed E-state index contributed by atoms with van der Waals surface area (Å²) in [5.41, 5.74) is -0.670. The zero-order valence-electron chi connectivity index (χ0n) is 14.2. The topological polar surface area (TPSA) is 68.0 Å². The molecule has 0 bridgehead atoms. The number of halogens is 4. The molecule has 1 aliphatic carbocycles. The number of nitrogens with zero attached hydrogens (tertiary/aromatic N) is 2. The van der Waals surface area contributed by atoms with Crippen LogP contribution in [0.3, 0.4) is 0 Å². The van der Waals surface area contributed by atoms with Gasteiger partial charge in [0.2, 0.25) is 11.7 Å². The lowest BCUT2D eigenvalue weighted by molar-refractivity contribution is -0.137. The van der Waals surface area contributed by atoms with Gasteiger partial charge in [0, 0.05) is 24.1 Å². The number of piperidine rings is 1. The summed E-state index contributed by atoms with van der Waals surface area (Å²) >= 11 is 0. The van der Waals surface area contributed by atoms with E-state index in [9.17, 15) is 22.4 Å². The van der Waals surface area contributed by atoms with Gasteiger partial charge in [-0.3, -0.25) is 4.79 Å². The Morgan fingerprint density at radius 1 is 1.22 bits per heavy atom. The molecule has 1 aromatic carbocycles. The molecular formula is C18H17F4N3O2. The minimum absolute atomic E-state index is 0.0157. The number of carbonyl (C=O) groups is 1. The highest BCUT2D eigenvalue weighted by atomic mass is 19.4. The maximum atomic E-state index is 13.7. The van der Waals surface area contributed by atoms with Gasteiger partial charge in [-0.15, -0.1) is 0 Å². The third-order valence-corrected chi connectivity index (χ3v) is 5.27. The van der Waals surface area contributed by atoms with E-state index in [-0.39, 0.29) is 35.5 Å². The number of hydrogen-bond acceptors (Lipinski definition) is 5. The molecule has 4 rings (SSSR count). The predicted octanol–water partition coefficient (Wildman–Crippen LogP) is 3.52. The molecule has 5 nitrogen and oxygen atoms in total. The Morgan fingerprint density at radius 3 is 2.81 bits per heavy atom. The van der Waals surface area contributed by atoms with Crippen molar-refractivity contribution >= 4 is 5.78 Å². The summed E-state index contributed by atoms with van der Waals surface area (Å²) in [6.07, 6.45) is -4.28. The SMILES string of the molecule is O=C1C(c2nc(-c3cccc(C(F)(F)F)c3)no2)CNC2CCC(F)CC12. The summed E-state index contributed by atoms with van der Waals surface area (Å²) in [5.74, 6) is -1.29. The van der Waals surface area contributed by atoms with Crippen LogP contribution in [-0.2, 0) is 11.0 Å². The zero-order valence-corrected chi connectivity index (χ0v) is 14.2. The van der Waals surface area contributed by atoms with Crippen LogP contribution in [0.5, 0.6) is 0 Å². The number of nitrogens with one attached hydrogen (secondary N) is 1. The van der Waals surface area contributed by atoms with Crippen LogP contribution in [-0.4, -0.2) is 34.7 Å². The molecule has 2 aromatic rings. The first kappa shape index (κ1) is 18.1. The van der Waals surface area contributed by atoms with Crippen molar-refractivity contribution in [2.75, 3.05) is 6.54 Å². The summed E-state index contributed by atoms with van der Waals surface area (Å²) in [5, 5.41) is 6.97. The van der Waals surface area contributed by atoms with Crippen LogP contribution >= 0.6 is 0 Å². The highest BCUT2D eigenvalue weighted by Crippen LogP contribution is 2.36. The highest BCUT2D eigenvalue weighted by Gasteiger charge is 2.44. The first-order valence-electron chi connectivity index (χ1n) is 8.75. The van der Waals surface area contributed by atoms with Crippen molar-refractivity contribution in [1.29, 1.82) is 0 Å². The molecule has 9 heteroatoms. The van der Waals surface area contributed by atoms with Gasteiger partial charge in [-0.1, -0.05) is 17.3 Å². The van der Waals surface area contributed by atoms with Crippen molar-refractivity contribution in [3.63, 3.8) is 0 Å². The molecular weight excluding hydrogens is 366 g/mol. The van der Waals surface area contributed by atoms with Crippen LogP contribution in [0, 0.1) is 5.92 Å². The first-order chi connectivity index (χ1) is 12.8. The molecule has 1 saturated heterocycles. The maximum Gasteiger partial charge on any atom is 0.416 e. The first-order valence-corrected chi connectivity index (χ1v) is 8.75. The quantitative estimate of drug-likeness (QED) is 0.804. The summed E-state index contributed by atoms with van der Waals surface area (Å²) < 4.78 is 57.5. The van der Waals surface area contributed by atoms with E-state index in [0.29, 0.717) is 19.4 Å². The maximum absolute atomic E-state index is 13.7. The van der Waals surface area contributed by atoms with Gasteiger partial charge >= 0.3 is 6.18 Å². The van der Waals surface area contributed by atoms with Crippen molar-refractivity contribution in [2.24, 2.45) is 5.92 Å². The number of carbonyl (C=O) groups excluding carboxylic acids is 1. The third-order valence-electron chi connectivity index (χ3n) is 5.27. The van der Waals surface area contributed by atoms with Crippen molar-refractivity contribution in [2.45, 2.75) is 43.6 Å². The van der Waals surface area contributed by atoms with Crippen LogP contribution in [0.1, 0.15) is 36.6 Å². The molecule has 27 heavy (non-hydrogen) atoms. The van der Waals surface area contributed by atoms with Crippen LogP contribution in [0.2, 0.25) is 0 Å². The Balaban J connectivity index is 1.57. The highest BCUT2D eigenvalue weighted by molar-refractivity contribution is 5.89. The molecule has 2 heterocycles. The van der Waals surface area contributed by atoms with E-state index in [0.717, 1.165) is 12.1 Å². The Bertz CT molecular complexity index is 851. The van der Waals surface area contributed by atoms with E-state index in [4.69, 9.17) is 4.52 Å². The fourth-order valence-electron chi connectivity index (χ4n) is 3.84. The molecule has 4 atom stereocenters. The van der Waals surface area contributed by atoms with E-state index in [1.54, 1.807) is 0 Å². The number of fused-ring (bicyclic) bond motifs is 1. The Morgan fingerprint density at radius 2 is 2.04 bits per heavy atom. The standard InChI is InChI=1S/C18H17F4N3O2/c19-11-4-5-14-12(7-11)15(26)13(8-23-14)17-24-16(25-27-17)9-2-1-3-10(6-9)18(20,21)22/h1-3,6,11-14,23H,4-5,7-8H2. The van der Waals surface area contributed by atoms with Crippen LogP contribution in [0.15, 0.2) is 28.8 Å². The van der Waals surface area contributed by atoms with E-state index >= 15 is 0 Å². The molecule has 1 saturated carbocycles. The zero-order chi connectivity index (χ0) is 19.2. The van der Waals surface area contributed by atoms with Crippen molar-refractivity contribution in [1.82, 2.24) is 15.5 Å². The number of ketones is 1. The molecule has 1 aromatic heterocycles. The minimum atomic E-state index is -4.48. The smallest absolute Gasteiger partial charge is 0.338 e. The van der Waals surface area contributed by atoms with Crippen LogP contribution in [0.4, 0.5) is 17.6 Å². The average molecular weight is 383 g/mol. The lowest BCUT2D eigenvalue weighted by Gasteiger charge is -2.38. The summed E-state index contributed by atoms with van der Waals surface area (Å²) in [6.45, 7) is 0.293. The van der Waals surface area contributed by atoms with E-state index < -0.39 is 29.7 Å². The van der Waals surface area contributed by atoms with Gasteiger partial charge in [-0.05, 0) is 31.4 Å². The number of alkyl halides is 4. The fourth-order valence-corrected chi connectivity index (χ4v) is 3.84. The number of aromatic nitrogens is 2. The number of hydrogen-bond donors (Lipinski definition) is 1. The van der Waals surface area contributed by atoms with Gasteiger partial charge in [-0.25, -0.2) is 4.39 Å². The van der Waals surface area contributed by atoms with Crippen molar-refractivity contribution < 1.29 is 26.9 Å². The summed E-state index contributed by atoms with van der Waals surface area (Å²) in [6, 6.07) is 4.54. The summed E-state index contributed by atoms with van der Waals surface area (Å²) in [7, 11) is 0. The largest absolute Gasteiger partial charge is 0.416 e. The van der Waals surface area contributed by atoms with Crippen molar-refractivity contribution in [3.8, 4) is 11.4 Å². The molecule has 2 fully saturated rings. The Labute approximate surface area is 152 Å². The monoisotopic (exact) mass is 383 g/mol. The number of Topliss-reactive ketones (excluding diaryl/α,β-unsaturated/α-hetero) is 1. The second-order valence-electron chi connectivity index (χ2n) is 7.02. The molecule has 1 aliphatic heterocycles. The lowest BCUT2D eigenvalue weighted by Crippen LogP contribution is -2.53. The average Bonchev–Trinajstić information content (AvgIpc) is 3.12. The van der Waals surface area contributed by atoms with Gasteiger partial charge in [0.1, 0.15) is 12.1 Å². The third kappa shape index (κ3) is 3.47. The van der Waals surface area contributed by atoms with E-state index in [1.165, 1.54) is 12.1 Å². The minimum Gasteiger partial charge on any atom is -0.338 e. The second-order valence-corrected chi connectivity index (χ2v) is 7.02. The Kier molecular flexibility index (Phi) is 4.49. The van der Waals surface area contributed by atoms with Crippen LogP contribution < -0.4 is 5.32 Å². The summed E-state index contributed by atoms with van der Waals surface area (Å²) in [4.78, 5) is 16.9. The molecule has 1 N–H and O–H groups in total. The molecule has 144 valence electrons. The normalized spacial score (nSPS) is 28.8. The van der Waals surface area contributed by atoms with E-state index in [1.807, 2.05) is 0 Å². The molecule has 4 unspecified atom stereocenters. The molecule has 0 spiro atoms. The van der Waals surface area contributed by atoms with Crippen molar-refractivity contribution in [3.05, 3.63) is 35.7 Å². The molecule has 0 amide bonds. The van der Waals surface area contributed by atoms with Gasteiger partial charge in [0.25, 0.3) is 0 Å². The Hall–Kier alpha value is -2.29. The fraction of sp³-hybridized carbons (Fsp3) is 0.500. The van der Waals surface area contributed by atoms with E-state index in [2.05, 4.69) is 15.5 Å². The van der Waals surface area contributed by atoms with Gasteiger partial charge < -0.3 is 9.84 Å². The van der Waals surface area contributed by atoms with Gasteiger partial charge in [0.05, 0.1) is 5.56 Å². The van der Waals surface area contributed by atoms with Crippen LogP contribution in [0.25, 0.3) is 11.4 Å². The lowest BCUT2D eigenvalue weighted by atomic mass is 9.74. The number of rotatable bonds is 2.